The molecule has 1 aromatic heterocycles. The number of rotatable bonds is 1. The van der Waals surface area contributed by atoms with E-state index in [1.807, 2.05) is 30.4 Å². The van der Waals surface area contributed by atoms with E-state index in [4.69, 9.17) is 4.74 Å². The average molecular weight is 241 g/mol. The zero-order valence-corrected chi connectivity index (χ0v) is 10.0. The van der Waals surface area contributed by atoms with Crippen LogP contribution in [0.15, 0.2) is 29.1 Å². The fourth-order valence-electron chi connectivity index (χ4n) is 1.85. The van der Waals surface area contributed by atoms with Crippen molar-refractivity contribution in [2.24, 2.45) is 0 Å². The van der Waals surface area contributed by atoms with Crippen molar-refractivity contribution in [2.45, 2.75) is 0 Å². The molecule has 0 radical (unpaired) electrons. The fourth-order valence-corrected chi connectivity index (χ4v) is 2.93. The number of benzene rings is 1. The molecule has 0 saturated heterocycles. The van der Waals surface area contributed by atoms with Gasteiger partial charge in [0.25, 0.3) is 5.43 Å². The van der Waals surface area contributed by atoms with Crippen molar-refractivity contribution >= 4 is 33.6 Å². The van der Waals surface area contributed by atoms with Gasteiger partial charge < -0.3 is 4.74 Å². The molecule has 2 nitrogen and oxygen atoms in total. The first kappa shape index (κ1) is 10.2. The molecular weight excluding hydrogens is 232 g/mol. The third kappa shape index (κ3) is 1.57. The second-order valence-electron chi connectivity index (χ2n) is 3.72. The van der Waals surface area contributed by atoms with E-state index in [9.17, 15) is 4.79 Å². The highest BCUT2D eigenvalue weighted by Gasteiger charge is 2.17. The highest BCUT2D eigenvalue weighted by atomic mass is 32.1. The van der Waals surface area contributed by atoms with Crippen LogP contribution in [0, 0.1) is 6.08 Å². The van der Waals surface area contributed by atoms with E-state index in [1.54, 1.807) is 24.5 Å². The smallest absolute Gasteiger partial charge is 0.251 e. The highest BCUT2D eigenvalue weighted by Crippen LogP contribution is 2.28. The maximum atomic E-state index is 12.2. The second kappa shape index (κ2) is 3.81. The van der Waals surface area contributed by atoms with Crippen molar-refractivity contribution in [3.63, 3.8) is 0 Å². The van der Waals surface area contributed by atoms with Gasteiger partial charge in [-0.2, -0.15) is 0 Å². The minimum absolute atomic E-state index is 0.0632. The Morgan fingerprint density at radius 1 is 1.35 bits per heavy atom. The summed E-state index contributed by atoms with van der Waals surface area (Å²) < 4.78 is 6.12. The molecule has 1 aromatic carbocycles. The van der Waals surface area contributed by atoms with Crippen LogP contribution in [-0.2, 0) is 0 Å². The quantitative estimate of drug-likeness (QED) is 0.717. The highest BCUT2D eigenvalue weighted by molar-refractivity contribution is 7.19. The van der Waals surface area contributed by atoms with Gasteiger partial charge in [-0.25, -0.2) is 0 Å². The lowest BCUT2D eigenvalue weighted by Crippen LogP contribution is -2.07. The van der Waals surface area contributed by atoms with Crippen LogP contribution < -0.4 is 10.2 Å². The molecule has 0 fully saturated rings. The molecule has 0 spiro atoms. The minimum Gasteiger partial charge on any atom is -0.497 e. The van der Waals surface area contributed by atoms with E-state index in [-0.39, 0.29) is 5.43 Å². The van der Waals surface area contributed by atoms with Crippen LogP contribution >= 0.6 is 11.3 Å². The van der Waals surface area contributed by atoms with Crippen LogP contribution in [0.2, 0.25) is 0 Å². The molecule has 1 heterocycles. The van der Waals surface area contributed by atoms with Crippen LogP contribution in [0.4, 0.5) is 0 Å². The molecule has 3 rings (SSSR count). The van der Waals surface area contributed by atoms with Crippen molar-refractivity contribution in [1.29, 1.82) is 0 Å². The maximum absolute atomic E-state index is 12.2. The number of methoxy groups -OCH3 is 1. The van der Waals surface area contributed by atoms with E-state index >= 15 is 0 Å². The number of allylic oxidation sites excluding steroid dienone is 2. The van der Waals surface area contributed by atoms with Gasteiger partial charge in [-0.1, -0.05) is 0 Å². The number of fused-ring (bicyclic) bond motifs is 2. The molecule has 3 heteroatoms. The Kier molecular flexibility index (Phi) is 2.29. The molecule has 0 unspecified atom stereocenters. The SMILES string of the molecule is COc1ccc2c(=O)c3c(sc2c1)C=C[C+]=C3. The van der Waals surface area contributed by atoms with Crippen LogP contribution in [0.1, 0.15) is 10.4 Å². The van der Waals surface area contributed by atoms with E-state index in [2.05, 4.69) is 6.08 Å². The standard InChI is InChI=1S/C14H9O2S/c1-16-9-6-7-11-13(8-9)17-12-5-3-2-4-10(12)14(11)15/h3-8H,1H3/q+1. The number of hydrogen-bond donors (Lipinski definition) is 0. The molecule has 0 N–H and O–H groups in total. The predicted octanol–water partition coefficient (Wildman–Crippen LogP) is 3.11. The summed E-state index contributed by atoms with van der Waals surface area (Å²) in [4.78, 5) is 13.2. The van der Waals surface area contributed by atoms with Crippen molar-refractivity contribution in [1.82, 2.24) is 0 Å². The van der Waals surface area contributed by atoms with Gasteiger partial charge in [0, 0.05) is 10.8 Å². The van der Waals surface area contributed by atoms with E-state index in [0.29, 0.717) is 0 Å². The maximum Gasteiger partial charge on any atom is 0.251 e. The Bertz CT molecular complexity index is 708. The Morgan fingerprint density at radius 2 is 2.24 bits per heavy atom. The summed E-state index contributed by atoms with van der Waals surface area (Å²) in [6, 6.07) is 5.53. The van der Waals surface area contributed by atoms with Crippen LogP contribution in [0.25, 0.3) is 22.2 Å². The molecule has 82 valence electrons. The van der Waals surface area contributed by atoms with Crippen LogP contribution in [0.5, 0.6) is 5.75 Å². The molecule has 1 aliphatic rings. The van der Waals surface area contributed by atoms with Crippen molar-refractivity contribution in [3.8, 4) is 5.75 Å². The number of hydrogen-bond acceptors (Lipinski definition) is 3. The summed E-state index contributed by atoms with van der Waals surface area (Å²) in [5.74, 6) is 0.773. The Balaban J connectivity index is 2.41. The van der Waals surface area contributed by atoms with Gasteiger partial charge >= 0.3 is 0 Å². The average Bonchev–Trinajstić information content (AvgIpc) is 2.38. The van der Waals surface area contributed by atoms with Crippen molar-refractivity contribution < 1.29 is 4.74 Å². The van der Waals surface area contributed by atoms with Crippen molar-refractivity contribution in [2.75, 3.05) is 7.11 Å². The van der Waals surface area contributed by atoms with E-state index in [1.165, 1.54) is 0 Å². The molecule has 0 aliphatic heterocycles. The summed E-state index contributed by atoms with van der Waals surface area (Å²) >= 11 is 1.59. The first-order valence-corrected chi connectivity index (χ1v) is 6.02. The molecule has 0 atom stereocenters. The molecule has 0 amide bonds. The number of ether oxygens (including phenoxy) is 1. The molecule has 0 bridgehead atoms. The van der Waals surface area contributed by atoms with Gasteiger partial charge in [0.05, 0.1) is 18.6 Å². The summed E-state index contributed by atoms with van der Waals surface area (Å²) in [6.45, 7) is 0. The lowest BCUT2D eigenvalue weighted by atomic mass is 10.1. The van der Waals surface area contributed by atoms with Gasteiger partial charge in [-0.3, -0.25) is 4.79 Å². The van der Waals surface area contributed by atoms with Gasteiger partial charge in [-0.15, -0.1) is 11.3 Å². The van der Waals surface area contributed by atoms with Gasteiger partial charge in [0.2, 0.25) is 0 Å². The summed E-state index contributed by atoms with van der Waals surface area (Å²) in [7, 11) is 1.62. The Labute approximate surface area is 102 Å². The normalized spacial score (nSPS) is 12.3. The molecule has 2 aromatic rings. The van der Waals surface area contributed by atoms with E-state index in [0.717, 1.165) is 26.3 Å². The fraction of sp³-hybridized carbons (Fsp3) is 0.0714. The largest absolute Gasteiger partial charge is 0.497 e. The predicted molar refractivity (Wildman–Crippen MR) is 71.4 cm³/mol. The first-order valence-electron chi connectivity index (χ1n) is 5.20. The third-order valence-electron chi connectivity index (χ3n) is 2.72. The second-order valence-corrected chi connectivity index (χ2v) is 4.80. The minimum atomic E-state index is 0.0632. The zero-order chi connectivity index (χ0) is 11.8. The monoisotopic (exact) mass is 241 g/mol. The van der Waals surface area contributed by atoms with Crippen LogP contribution in [0.3, 0.4) is 0 Å². The molecule has 1 aliphatic carbocycles. The summed E-state index contributed by atoms with van der Waals surface area (Å²) in [5.41, 5.74) is 0.795. The third-order valence-corrected chi connectivity index (χ3v) is 3.86. The lowest BCUT2D eigenvalue weighted by Gasteiger charge is -2.02. The van der Waals surface area contributed by atoms with Gasteiger partial charge in [-0.05, 0) is 18.2 Å². The molecule has 17 heavy (non-hydrogen) atoms. The van der Waals surface area contributed by atoms with Crippen LogP contribution in [-0.4, -0.2) is 7.11 Å². The summed E-state index contributed by atoms with van der Waals surface area (Å²) in [5, 5.41) is 0.739. The zero-order valence-electron chi connectivity index (χ0n) is 9.19. The van der Waals surface area contributed by atoms with E-state index < -0.39 is 0 Å². The molecular formula is C14H9O2S+. The summed E-state index contributed by atoms with van der Waals surface area (Å²) in [6.07, 6.45) is 8.43. The Morgan fingerprint density at radius 3 is 3.06 bits per heavy atom. The van der Waals surface area contributed by atoms with Gasteiger partial charge in [0.15, 0.2) is 10.4 Å². The molecule has 0 saturated carbocycles. The lowest BCUT2D eigenvalue weighted by molar-refractivity contribution is 0.415. The first-order chi connectivity index (χ1) is 8.29. The van der Waals surface area contributed by atoms with Crippen molar-refractivity contribution in [3.05, 3.63) is 51.0 Å². The Hall–Kier alpha value is -1.96. The topological polar surface area (TPSA) is 26.3 Å². The van der Waals surface area contributed by atoms with Gasteiger partial charge in [0.1, 0.15) is 17.9 Å².